The van der Waals surface area contributed by atoms with E-state index >= 15 is 0 Å². The summed E-state index contributed by atoms with van der Waals surface area (Å²) in [6, 6.07) is 12.8. The molecule has 0 bridgehead atoms. The first kappa shape index (κ1) is 41.0. The Balaban J connectivity index is 0.750. The van der Waals surface area contributed by atoms with Gasteiger partial charge in [0, 0.05) is 82.1 Å². The number of piperidine rings is 2. The number of pyridine rings is 1. The van der Waals surface area contributed by atoms with Gasteiger partial charge in [-0.05, 0) is 98.2 Å². The molecule has 4 aliphatic heterocycles. The first-order chi connectivity index (χ1) is 28.3. The monoisotopic (exact) mass is 807 g/mol. The average molecular weight is 808 g/mol. The van der Waals surface area contributed by atoms with E-state index in [4.69, 9.17) is 0 Å². The number of nitrogens with zero attached hydrogens (tertiary/aromatic N) is 7. The van der Waals surface area contributed by atoms with E-state index in [1.165, 1.54) is 0 Å². The van der Waals surface area contributed by atoms with Crippen molar-refractivity contribution >= 4 is 53.2 Å². The number of hydrogen-bond acceptors (Lipinski definition) is 11. The van der Waals surface area contributed by atoms with Crippen LogP contribution >= 0.6 is 11.8 Å². The Morgan fingerprint density at radius 1 is 0.897 bits per heavy atom. The molecule has 6 heterocycles. The van der Waals surface area contributed by atoms with Crippen LogP contribution < -0.4 is 15.5 Å². The van der Waals surface area contributed by atoms with Gasteiger partial charge in [-0.2, -0.15) is 0 Å². The summed E-state index contributed by atoms with van der Waals surface area (Å²) in [4.78, 5) is 76.0. The predicted octanol–water partition coefficient (Wildman–Crippen LogP) is 4.18. The van der Waals surface area contributed by atoms with Gasteiger partial charge in [0.05, 0.1) is 5.56 Å². The number of benzene rings is 1. The lowest BCUT2D eigenvalue weighted by molar-refractivity contribution is -0.137. The largest absolute Gasteiger partial charge is 0.353 e. The smallest absolute Gasteiger partial charge is 0.274 e. The fourth-order valence-corrected chi connectivity index (χ4v) is 9.30. The fraction of sp³-hybridized carbons (Fsp3) is 0.488. The highest BCUT2D eigenvalue weighted by molar-refractivity contribution is 7.99. The van der Waals surface area contributed by atoms with Gasteiger partial charge in [0.15, 0.2) is 11.5 Å². The molecule has 306 valence electrons. The van der Waals surface area contributed by atoms with E-state index in [9.17, 15) is 24.0 Å². The van der Waals surface area contributed by atoms with Crippen LogP contribution in [0.4, 0.5) is 5.82 Å². The van der Waals surface area contributed by atoms with Gasteiger partial charge in [0.2, 0.25) is 17.7 Å². The van der Waals surface area contributed by atoms with Crippen molar-refractivity contribution in [2.24, 2.45) is 5.92 Å². The SMILES string of the molecule is O=C(/C=C/c1cccnc1)NCCCCC1CCN(C(=O)c2ccc(N3CCN(CCCCSc4cccc5c4C(=O)N(C4CCC(=O)NC4=O)C5)CC3)nn2)CC1. The quantitative estimate of drug-likeness (QED) is 0.0926. The molecule has 0 saturated carbocycles. The zero-order valence-corrected chi connectivity index (χ0v) is 33.8. The molecule has 3 fully saturated rings. The normalized spacial score (nSPS) is 19.1. The molecule has 0 spiro atoms. The Bertz CT molecular complexity index is 1950. The number of thioether (sulfide) groups is 1. The van der Waals surface area contributed by atoms with Crippen molar-refractivity contribution in [1.29, 1.82) is 0 Å². The standard InChI is InChI=1S/C43H53N9O5S/c53-38(15-11-32-8-6-19-44-29-32)45-20-2-1-7-31-17-22-51(23-18-31)42(56)34-12-14-37(48-47-34)50-26-24-49(25-27-50)21-3-4-28-58-36-10-5-9-33-30-52(43(57)40(33)36)35-13-16-39(54)46-41(35)55/h5-6,8-12,14-15,19,29,31,35H,1-4,7,13,16-18,20-28,30H2,(H,45,53)(H,46,54,55)/b15-11+. The van der Waals surface area contributed by atoms with Gasteiger partial charge in [-0.3, -0.25) is 39.2 Å². The molecule has 58 heavy (non-hydrogen) atoms. The third-order valence-corrected chi connectivity index (χ3v) is 12.7. The van der Waals surface area contributed by atoms with Crippen molar-refractivity contribution in [3.63, 3.8) is 0 Å². The van der Waals surface area contributed by atoms with Crippen LogP contribution in [0.2, 0.25) is 0 Å². The zero-order valence-electron chi connectivity index (χ0n) is 33.0. The molecule has 14 nitrogen and oxygen atoms in total. The lowest BCUT2D eigenvalue weighted by Gasteiger charge is -2.35. The fourth-order valence-electron chi connectivity index (χ4n) is 8.19. The summed E-state index contributed by atoms with van der Waals surface area (Å²) in [6.45, 7) is 7.06. The Labute approximate surface area is 344 Å². The zero-order chi connectivity index (χ0) is 40.3. The maximum Gasteiger partial charge on any atom is 0.274 e. The van der Waals surface area contributed by atoms with Gasteiger partial charge in [-0.15, -0.1) is 22.0 Å². The summed E-state index contributed by atoms with van der Waals surface area (Å²) < 4.78 is 0. The Morgan fingerprint density at radius 3 is 2.50 bits per heavy atom. The summed E-state index contributed by atoms with van der Waals surface area (Å²) >= 11 is 1.70. The van der Waals surface area contributed by atoms with Crippen LogP contribution in [0.5, 0.6) is 0 Å². The number of nitrogens with one attached hydrogen (secondary N) is 2. The van der Waals surface area contributed by atoms with E-state index < -0.39 is 6.04 Å². The predicted molar refractivity (Wildman–Crippen MR) is 222 cm³/mol. The molecular formula is C43H53N9O5S. The minimum atomic E-state index is -0.602. The van der Waals surface area contributed by atoms with Gasteiger partial charge in [0.25, 0.3) is 11.8 Å². The number of hydrogen-bond donors (Lipinski definition) is 2. The molecule has 0 radical (unpaired) electrons. The molecule has 3 aromatic rings. The highest BCUT2D eigenvalue weighted by Gasteiger charge is 2.40. The van der Waals surface area contributed by atoms with Crippen LogP contribution in [0.3, 0.4) is 0 Å². The molecular weight excluding hydrogens is 755 g/mol. The molecule has 3 saturated heterocycles. The topological polar surface area (TPSA) is 161 Å². The van der Waals surface area contributed by atoms with Crippen molar-refractivity contribution in [3.8, 4) is 0 Å². The number of fused-ring (bicyclic) bond motifs is 1. The van der Waals surface area contributed by atoms with Crippen LogP contribution in [0, 0.1) is 5.92 Å². The van der Waals surface area contributed by atoms with Crippen molar-refractivity contribution in [3.05, 3.63) is 83.3 Å². The maximum absolute atomic E-state index is 13.4. The lowest BCUT2D eigenvalue weighted by atomic mass is 9.91. The summed E-state index contributed by atoms with van der Waals surface area (Å²) in [5.74, 6) is 1.34. The molecule has 5 amide bonds. The molecule has 7 rings (SSSR count). The first-order valence-electron chi connectivity index (χ1n) is 20.7. The van der Waals surface area contributed by atoms with Crippen LogP contribution in [0.25, 0.3) is 6.08 Å². The van der Waals surface area contributed by atoms with Crippen LogP contribution in [-0.4, -0.2) is 124 Å². The maximum atomic E-state index is 13.4. The van der Waals surface area contributed by atoms with Crippen molar-refractivity contribution in [2.75, 3.05) is 63.0 Å². The number of piperazine rings is 1. The van der Waals surface area contributed by atoms with Crippen molar-refractivity contribution < 1.29 is 24.0 Å². The molecule has 15 heteroatoms. The number of carbonyl (C=O) groups excluding carboxylic acids is 5. The average Bonchev–Trinajstić information content (AvgIpc) is 3.59. The number of imide groups is 1. The number of aromatic nitrogens is 3. The van der Waals surface area contributed by atoms with Gasteiger partial charge >= 0.3 is 0 Å². The van der Waals surface area contributed by atoms with E-state index in [2.05, 4.69) is 35.6 Å². The van der Waals surface area contributed by atoms with Crippen molar-refractivity contribution in [1.82, 2.24) is 40.5 Å². The Hall–Kier alpha value is -5.15. The third-order valence-electron chi connectivity index (χ3n) is 11.6. The van der Waals surface area contributed by atoms with E-state index in [1.807, 2.05) is 47.4 Å². The van der Waals surface area contributed by atoms with Gasteiger partial charge in [-0.1, -0.05) is 31.0 Å². The van der Waals surface area contributed by atoms with Crippen LogP contribution in [-0.2, 0) is 20.9 Å². The molecule has 2 aromatic heterocycles. The second kappa shape index (κ2) is 20.0. The first-order valence-corrected chi connectivity index (χ1v) is 21.7. The van der Waals surface area contributed by atoms with E-state index in [-0.39, 0.29) is 36.0 Å². The molecule has 0 aliphatic carbocycles. The Kier molecular flexibility index (Phi) is 14.2. The molecule has 1 unspecified atom stereocenters. The second-order valence-electron chi connectivity index (χ2n) is 15.5. The molecule has 4 aliphatic rings. The number of carbonyl (C=O) groups is 5. The number of unbranched alkanes of at least 4 members (excludes halogenated alkanes) is 2. The van der Waals surface area contributed by atoms with Crippen LogP contribution in [0.15, 0.2) is 65.8 Å². The van der Waals surface area contributed by atoms with Gasteiger partial charge < -0.3 is 20.0 Å². The minimum absolute atomic E-state index is 0.0556. The van der Waals surface area contributed by atoms with Crippen LogP contribution in [0.1, 0.15) is 89.8 Å². The summed E-state index contributed by atoms with van der Waals surface area (Å²) in [5, 5.41) is 14.1. The van der Waals surface area contributed by atoms with Crippen molar-refractivity contribution in [2.45, 2.75) is 75.3 Å². The number of amides is 5. The summed E-state index contributed by atoms with van der Waals surface area (Å²) in [6.07, 6.45) is 14.4. The second-order valence-corrected chi connectivity index (χ2v) is 16.6. The third kappa shape index (κ3) is 10.7. The summed E-state index contributed by atoms with van der Waals surface area (Å²) in [5.41, 5.74) is 2.93. The number of rotatable bonds is 16. The van der Waals surface area contributed by atoms with E-state index in [1.54, 1.807) is 41.2 Å². The number of likely N-dealkylation sites (tertiary alicyclic amines) is 1. The highest BCUT2D eigenvalue weighted by Crippen LogP contribution is 2.35. The molecule has 1 aromatic carbocycles. The van der Waals surface area contributed by atoms with Gasteiger partial charge in [0.1, 0.15) is 6.04 Å². The van der Waals surface area contributed by atoms with Gasteiger partial charge in [-0.25, -0.2) is 0 Å². The highest BCUT2D eigenvalue weighted by atomic mass is 32.2. The minimum Gasteiger partial charge on any atom is -0.353 e. The summed E-state index contributed by atoms with van der Waals surface area (Å²) in [7, 11) is 0. The Morgan fingerprint density at radius 2 is 1.74 bits per heavy atom. The van der Waals surface area contributed by atoms with E-state index in [0.717, 1.165) is 118 Å². The lowest BCUT2D eigenvalue weighted by Crippen LogP contribution is -2.52. The molecule has 1 atom stereocenters. The number of anilines is 1. The molecule has 2 N–H and O–H groups in total. The van der Waals surface area contributed by atoms with E-state index in [0.29, 0.717) is 36.7 Å².